The first-order valence-corrected chi connectivity index (χ1v) is 17.7. The van der Waals surface area contributed by atoms with Gasteiger partial charge in [0, 0.05) is 53.2 Å². The molecule has 0 bridgehead atoms. The Morgan fingerprint density at radius 2 is 1.77 bits per heavy atom. The van der Waals surface area contributed by atoms with Crippen molar-refractivity contribution in [2.75, 3.05) is 7.05 Å². The molecule has 5 rings (SSSR count). The molecule has 4 nitrogen and oxygen atoms in total. The van der Waals surface area contributed by atoms with Crippen molar-refractivity contribution in [1.82, 2.24) is 9.88 Å². The molecule has 0 spiro atoms. The molecule has 3 heterocycles. The average molecular weight is 548 g/mol. The highest BCUT2D eigenvalue weighted by atomic mass is 28.3. The second kappa shape index (κ2) is 11.1. The Kier molecular flexibility index (Phi) is 7.69. The highest BCUT2D eigenvalue weighted by Gasteiger charge is 2.30. The average Bonchev–Trinajstić information content (AvgIpc) is 3.28. The van der Waals surface area contributed by atoms with Crippen molar-refractivity contribution in [2.45, 2.75) is 64.7 Å². The fourth-order valence-corrected chi connectivity index (χ4v) is 6.35. The lowest BCUT2D eigenvalue weighted by molar-refractivity contribution is 0.269. The Hall–Kier alpha value is -3.70. The van der Waals surface area contributed by atoms with E-state index < -0.39 is 8.07 Å². The molecule has 1 aliphatic heterocycles. The van der Waals surface area contributed by atoms with Gasteiger partial charge in [0.2, 0.25) is 5.71 Å². The summed E-state index contributed by atoms with van der Waals surface area (Å²) in [7, 11) is 0.811. The topological polar surface area (TPSA) is 41.6 Å². The van der Waals surface area contributed by atoms with Crippen LogP contribution in [-0.2, 0) is 6.42 Å². The molecule has 2 unspecified atom stereocenters. The van der Waals surface area contributed by atoms with Crippen molar-refractivity contribution >= 4 is 35.9 Å². The molecule has 206 valence electrons. The molecule has 0 radical (unpaired) electrons. The minimum Gasteiger partial charge on any atom is -0.437 e. The highest BCUT2D eigenvalue weighted by Crippen LogP contribution is 2.38. The third kappa shape index (κ3) is 5.48. The van der Waals surface area contributed by atoms with Crippen LogP contribution in [0.5, 0.6) is 0 Å². The third-order valence-corrected chi connectivity index (χ3v) is 10.9. The third-order valence-electron chi connectivity index (χ3n) is 8.43. The summed E-state index contributed by atoms with van der Waals surface area (Å²) in [5, 5.41) is 3.57. The Balaban J connectivity index is 1.67. The van der Waals surface area contributed by atoms with Gasteiger partial charge in [-0.2, -0.15) is 0 Å². The maximum absolute atomic E-state index is 6.43. The molecule has 0 aliphatic carbocycles. The van der Waals surface area contributed by atoms with Crippen LogP contribution in [0.3, 0.4) is 0 Å². The van der Waals surface area contributed by atoms with E-state index in [2.05, 4.69) is 111 Å². The van der Waals surface area contributed by atoms with E-state index in [0.29, 0.717) is 11.6 Å². The van der Waals surface area contributed by atoms with Gasteiger partial charge in [-0.05, 0) is 62.2 Å². The number of pyridine rings is 1. The van der Waals surface area contributed by atoms with E-state index in [4.69, 9.17) is 9.41 Å². The lowest BCUT2D eigenvalue weighted by Crippen LogP contribution is -2.36. The molecule has 5 heteroatoms. The minimum atomic E-state index is -1.41. The summed E-state index contributed by atoms with van der Waals surface area (Å²) in [5.74, 6) is 0.303. The molecule has 4 aromatic rings. The second-order valence-electron chi connectivity index (χ2n) is 12.2. The smallest absolute Gasteiger partial charge is 0.227 e. The van der Waals surface area contributed by atoms with Gasteiger partial charge in [-0.1, -0.05) is 80.5 Å². The van der Waals surface area contributed by atoms with Crippen LogP contribution in [0.1, 0.15) is 48.1 Å². The van der Waals surface area contributed by atoms with Crippen LogP contribution in [-0.4, -0.2) is 36.8 Å². The van der Waals surface area contributed by atoms with Crippen molar-refractivity contribution < 1.29 is 4.42 Å². The lowest BCUT2D eigenvalue weighted by Gasteiger charge is -2.36. The number of aromatic nitrogens is 1. The number of likely N-dealkylation sites (N-methyl/N-ethyl adjacent to an activating group) is 1. The molecule has 2 aromatic carbocycles. The van der Waals surface area contributed by atoms with Gasteiger partial charge in [0.1, 0.15) is 5.58 Å². The maximum Gasteiger partial charge on any atom is 0.227 e. The van der Waals surface area contributed by atoms with Crippen LogP contribution >= 0.6 is 0 Å². The lowest BCUT2D eigenvalue weighted by atomic mass is 9.82. The highest BCUT2D eigenvalue weighted by molar-refractivity contribution is 6.82. The molecular weight excluding hydrogens is 506 g/mol. The van der Waals surface area contributed by atoms with Crippen molar-refractivity contribution in [2.24, 2.45) is 4.99 Å². The molecule has 2 aromatic heterocycles. The normalized spacial score (nSPS) is 20.2. The molecule has 0 fully saturated rings. The monoisotopic (exact) mass is 547 g/mol. The van der Waals surface area contributed by atoms with Crippen LogP contribution in [0.15, 0.2) is 100 Å². The van der Waals surface area contributed by atoms with Crippen molar-refractivity contribution in [1.29, 1.82) is 0 Å². The first kappa shape index (κ1) is 27.8. The van der Waals surface area contributed by atoms with E-state index in [1.54, 1.807) is 0 Å². The summed E-state index contributed by atoms with van der Waals surface area (Å²) >= 11 is 0. The zero-order valence-electron chi connectivity index (χ0n) is 24.8. The predicted octanol–water partition coefficient (Wildman–Crippen LogP) is 8.98. The van der Waals surface area contributed by atoms with Crippen molar-refractivity contribution in [3.05, 3.63) is 113 Å². The second-order valence-corrected chi connectivity index (χ2v) is 17.5. The van der Waals surface area contributed by atoms with Crippen LogP contribution in [0.2, 0.25) is 19.6 Å². The van der Waals surface area contributed by atoms with Crippen molar-refractivity contribution in [3.8, 4) is 0 Å². The predicted molar refractivity (Wildman–Crippen MR) is 173 cm³/mol. The number of furan rings is 1. The number of hydrogen-bond donors (Lipinski definition) is 0. The Bertz CT molecular complexity index is 1640. The first-order chi connectivity index (χ1) is 19.1. The van der Waals surface area contributed by atoms with Crippen molar-refractivity contribution in [3.63, 3.8) is 0 Å². The number of aryl methyl sites for hydroxylation is 2. The van der Waals surface area contributed by atoms with E-state index in [0.717, 1.165) is 58.3 Å². The summed E-state index contributed by atoms with van der Waals surface area (Å²) in [6.07, 6.45) is 6.88. The standard InChI is InChI=1S/C35H41N3OSi/c1-9-31-33-27(17-20-29-30-18-15-23(2)37-35(30)39-34(29)33)16-19-28(26-13-11-10-12-14-26)32(21-24(3)36-31)38(5)22-25(4)40(6,7)8/h9-15,17-18,20,22,28,32H,1,3,16,19,21H2,2,4-8H3/b25-22+,36-31-. The van der Waals surface area contributed by atoms with E-state index in [1.807, 2.05) is 19.1 Å². The Labute approximate surface area is 239 Å². The van der Waals surface area contributed by atoms with Gasteiger partial charge in [-0.3, -0.25) is 4.99 Å². The molecule has 1 aliphatic rings. The van der Waals surface area contributed by atoms with Gasteiger partial charge < -0.3 is 9.32 Å². The maximum atomic E-state index is 6.43. The largest absolute Gasteiger partial charge is 0.437 e. The summed E-state index contributed by atoms with van der Waals surface area (Å²) in [4.78, 5) is 12.2. The number of rotatable bonds is 5. The quantitative estimate of drug-likeness (QED) is 0.234. The number of aliphatic imine (C=N–C) groups is 1. The number of hydrogen-bond acceptors (Lipinski definition) is 4. The van der Waals surface area contributed by atoms with Crippen LogP contribution in [0.25, 0.3) is 22.1 Å². The van der Waals surface area contributed by atoms with Crippen LogP contribution in [0, 0.1) is 6.92 Å². The summed E-state index contributed by atoms with van der Waals surface area (Å²) < 4.78 is 6.43. The molecular formula is C35H41N3OSi. The Morgan fingerprint density at radius 3 is 2.48 bits per heavy atom. The summed E-state index contributed by atoms with van der Waals surface area (Å²) in [6.45, 7) is 20.1. The molecule has 0 saturated carbocycles. The van der Waals surface area contributed by atoms with Crippen LogP contribution < -0.4 is 0 Å². The van der Waals surface area contributed by atoms with Gasteiger partial charge >= 0.3 is 0 Å². The molecule has 0 N–H and O–H groups in total. The van der Waals surface area contributed by atoms with Crippen LogP contribution in [0.4, 0.5) is 0 Å². The molecule has 2 atom stereocenters. The van der Waals surface area contributed by atoms with Gasteiger partial charge in [-0.25, -0.2) is 4.98 Å². The van der Waals surface area contributed by atoms with Gasteiger partial charge in [-0.15, -0.1) is 0 Å². The van der Waals surface area contributed by atoms with Gasteiger partial charge in [0.15, 0.2) is 0 Å². The van der Waals surface area contributed by atoms with E-state index in [9.17, 15) is 0 Å². The zero-order chi connectivity index (χ0) is 28.6. The number of nitrogens with zero attached hydrogens (tertiary/aromatic N) is 3. The first-order valence-electron chi connectivity index (χ1n) is 14.2. The van der Waals surface area contributed by atoms with Gasteiger partial charge in [0.05, 0.1) is 13.8 Å². The van der Waals surface area contributed by atoms with E-state index >= 15 is 0 Å². The summed E-state index contributed by atoms with van der Waals surface area (Å²) in [6, 6.07) is 19.7. The minimum absolute atomic E-state index is 0.222. The molecule has 40 heavy (non-hydrogen) atoms. The van der Waals surface area contributed by atoms with E-state index in [1.165, 1.54) is 16.3 Å². The number of allylic oxidation sites excluding steroid dienone is 2. The summed E-state index contributed by atoms with van der Waals surface area (Å²) in [5.41, 5.74) is 7.67. The van der Waals surface area contributed by atoms with Gasteiger partial charge in [0.25, 0.3) is 0 Å². The fraction of sp³-hybridized carbons (Fsp3) is 0.314. The Morgan fingerprint density at radius 1 is 1.05 bits per heavy atom. The zero-order valence-corrected chi connectivity index (χ0v) is 25.8. The fourth-order valence-electron chi connectivity index (χ4n) is 5.76. The molecule has 0 amide bonds. The SMILES string of the molecule is C=C/C1=N/C(=C)CC(N(C)/C=C(\C)[Si](C)(C)C)C(c2ccccc2)CCc2ccc3c(oc4nc(C)ccc43)c21. The number of benzene rings is 2. The molecule has 0 saturated heterocycles. The number of fused-ring (bicyclic) bond motifs is 5. The van der Waals surface area contributed by atoms with E-state index in [-0.39, 0.29) is 6.04 Å².